The fourth-order valence-electron chi connectivity index (χ4n) is 3.71. The van der Waals surface area contributed by atoms with Gasteiger partial charge in [-0.05, 0) is 50.4 Å². The van der Waals surface area contributed by atoms with Crippen LogP contribution in [0.2, 0.25) is 0 Å². The van der Waals surface area contributed by atoms with E-state index >= 15 is 0 Å². The molecular formula is C20H26N4O4. The summed E-state index contributed by atoms with van der Waals surface area (Å²) >= 11 is 0. The van der Waals surface area contributed by atoms with Gasteiger partial charge in [0.05, 0.1) is 6.54 Å². The number of nitrogens with one attached hydrogen (secondary N) is 1. The number of anilines is 1. The molecule has 4 rings (SSSR count). The van der Waals surface area contributed by atoms with Crippen molar-refractivity contribution in [1.29, 1.82) is 0 Å². The molecule has 0 radical (unpaired) electrons. The lowest BCUT2D eigenvalue weighted by Crippen LogP contribution is -2.33. The number of amides is 1. The van der Waals surface area contributed by atoms with Gasteiger partial charge in [-0.2, -0.15) is 0 Å². The summed E-state index contributed by atoms with van der Waals surface area (Å²) in [7, 11) is 0. The molecule has 0 bridgehead atoms. The van der Waals surface area contributed by atoms with E-state index in [9.17, 15) is 4.79 Å². The summed E-state index contributed by atoms with van der Waals surface area (Å²) in [5, 5.41) is 10.9. The fraction of sp³-hybridized carbons (Fsp3) is 0.550. The molecule has 2 aliphatic heterocycles. The number of piperidine rings is 1. The second-order valence-electron chi connectivity index (χ2n) is 7.38. The molecule has 150 valence electrons. The third-order valence-corrected chi connectivity index (χ3v) is 5.24. The summed E-state index contributed by atoms with van der Waals surface area (Å²) in [5.74, 6) is 3.32. The Labute approximate surface area is 164 Å². The average Bonchev–Trinajstić information content (AvgIpc) is 3.12. The lowest BCUT2D eigenvalue weighted by molar-refractivity contribution is -0.116. The molecule has 3 heterocycles. The first-order chi connectivity index (χ1) is 13.7. The standard InChI is InChI=1S/C20H26N4O4/c1-14-22-23-20(28-14)13-24-8-6-15(7-9-24)2-5-19(25)21-16-3-4-17-18(12-16)27-11-10-26-17/h3-4,12,15H,2,5-11,13H2,1H3,(H,21,25). The van der Waals surface area contributed by atoms with Crippen LogP contribution in [0.25, 0.3) is 0 Å². The third kappa shape index (κ3) is 4.81. The number of nitrogens with zero attached hydrogens (tertiary/aromatic N) is 3. The minimum atomic E-state index is 0.0421. The first-order valence-electron chi connectivity index (χ1n) is 9.86. The zero-order chi connectivity index (χ0) is 19.3. The number of benzene rings is 1. The molecule has 0 atom stereocenters. The Bertz CT molecular complexity index is 814. The molecule has 2 aliphatic rings. The van der Waals surface area contributed by atoms with Gasteiger partial charge < -0.3 is 19.2 Å². The van der Waals surface area contributed by atoms with Gasteiger partial charge in [0.15, 0.2) is 11.5 Å². The predicted molar refractivity (Wildman–Crippen MR) is 102 cm³/mol. The zero-order valence-electron chi connectivity index (χ0n) is 16.1. The number of aryl methyl sites for hydroxylation is 1. The van der Waals surface area contributed by atoms with E-state index in [1.807, 2.05) is 18.2 Å². The van der Waals surface area contributed by atoms with Gasteiger partial charge in [0.2, 0.25) is 17.7 Å². The van der Waals surface area contributed by atoms with Crippen LogP contribution in [0.3, 0.4) is 0 Å². The highest BCUT2D eigenvalue weighted by Gasteiger charge is 2.21. The molecule has 0 saturated carbocycles. The molecule has 1 N–H and O–H groups in total. The number of hydrogen-bond donors (Lipinski definition) is 1. The molecular weight excluding hydrogens is 360 g/mol. The lowest BCUT2D eigenvalue weighted by atomic mass is 9.92. The van der Waals surface area contributed by atoms with Crippen molar-refractivity contribution < 1.29 is 18.7 Å². The maximum Gasteiger partial charge on any atom is 0.230 e. The van der Waals surface area contributed by atoms with Crippen molar-refractivity contribution in [3.05, 3.63) is 30.0 Å². The van der Waals surface area contributed by atoms with Crippen molar-refractivity contribution in [3.8, 4) is 11.5 Å². The molecule has 0 spiro atoms. The molecule has 1 amide bonds. The van der Waals surface area contributed by atoms with Crippen LogP contribution in [0.4, 0.5) is 5.69 Å². The molecule has 2 aromatic rings. The molecule has 1 saturated heterocycles. The number of fused-ring (bicyclic) bond motifs is 1. The van der Waals surface area contributed by atoms with E-state index in [0.29, 0.717) is 49.6 Å². The van der Waals surface area contributed by atoms with Gasteiger partial charge in [-0.1, -0.05) is 0 Å². The average molecular weight is 386 g/mol. The van der Waals surface area contributed by atoms with E-state index in [0.717, 1.165) is 43.8 Å². The van der Waals surface area contributed by atoms with Gasteiger partial charge in [-0.3, -0.25) is 9.69 Å². The smallest absolute Gasteiger partial charge is 0.230 e. The predicted octanol–water partition coefficient (Wildman–Crippen LogP) is 2.78. The summed E-state index contributed by atoms with van der Waals surface area (Å²) in [6.07, 6.45) is 3.61. The topological polar surface area (TPSA) is 89.7 Å². The molecule has 28 heavy (non-hydrogen) atoms. The number of likely N-dealkylation sites (tertiary alicyclic amines) is 1. The minimum absolute atomic E-state index is 0.0421. The van der Waals surface area contributed by atoms with Crippen molar-refractivity contribution >= 4 is 11.6 Å². The van der Waals surface area contributed by atoms with Crippen molar-refractivity contribution in [2.75, 3.05) is 31.6 Å². The summed E-state index contributed by atoms with van der Waals surface area (Å²) < 4.78 is 16.5. The Balaban J connectivity index is 1.18. The summed E-state index contributed by atoms with van der Waals surface area (Å²) in [6.45, 7) is 5.60. The molecule has 8 heteroatoms. The van der Waals surface area contributed by atoms with Gasteiger partial charge in [0, 0.05) is 25.1 Å². The monoisotopic (exact) mass is 386 g/mol. The molecule has 0 aliphatic carbocycles. The maximum absolute atomic E-state index is 12.3. The van der Waals surface area contributed by atoms with Crippen LogP contribution in [-0.2, 0) is 11.3 Å². The minimum Gasteiger partial charge on any atom is -0.486 e. The van der Waals surface area contributed by atoms with Crippen LogP contribution >= 0.6 is 0 Å². The van der Waals surface area contributed by atoms with Crippen LogP contribution < -0.4 is 14.8 Å². The number of carbonyl (C=O) groups excluding carboxylic acids is 1. The Morgan fingerprint density at radius 2 is 1.96 bits per heavy atom. The molecule has 1 aromatic carbocycles. The first kappa shape index (κ1) is 18.7. The molecule has 0 unspecified atom stereocenters. The Morgan fingerprint density at radius 1 is 1.18 bits per heavy atom. The second-order valence-corrected chi connectivity index (χ2v) is 7.38. The Morgan fingerprint density at radius 3 is 2.71 bits per heavy atom. The molecule has 1 aromatic heterocycles. The van der Waals surface area contributed by atoms with E-state index in [-0.39, 0.29) is 5.91 Å². The van der Waals surface area contributed by atoms with E-state index in [4.69, 9.17) is 13.9 Å². The summed E-state index contributed by atoms with van der Waals surface area (Å²) in [5.41, 5.74) is 0.749. The highest BCUT2D eigenvalue weighted by atomic mass is 16.6. The number of aromatic nitrogens is 2. The van der Waals surface area contributed by atoms with Crippen molar-refractivity contribution in [3.63, 3.8) is 0 Å². The van der Waals surface area contributed by atoms with Gasteiger partial charge in [-0.15, -0.1) is 10.2 Å². The number of rotatable bonds is 6. The largest absolute Gasteiger partial charge is 0.486 e. The van der Waals surface area contributed by atoms with Crippen LogP contribution in [0.1, 0.15) is 37.5 Å². The van der Waals surface area contributed by atoms with Crippen LogP contribution in [-0.4, -0.2) is 47.3 Å². The van der Waals surface area contributed by atoms with E-state index in [1.165, 1.54) is 0 Å². The first-order valence-corrected chi connectivity index (χ1v) is 9.86. The van der Waals surface area contributed by atoms with Crippen LogP contribution in [0.5, 0.6) is 11.5 Å². The quantitative estimate of drug-likeness (QED) is 0.816. The van der Waals surface area contributed by atoms with Gasteiger partial charge in [0.1, 0.15) is 13.2 Å². The highest BCUT2D eigenvalue weighted by Crippen LogP contribution is 2.32. The lowest BCUT2D eigenvalue weighted by Gasteiger charge is -2.30. The maximum atomic E-state index is 12.3. The van der Waals surface area contributed by atoms with Gasteiger partial charge in [-0.25, -0.2) is 0 Å². The highest BCUT2D eigenvalue weighted by molar-refractivity contribution is 5.91. The molecule has 8 nitrogen and oxygen atoms in total. The van der Waals surface area contributed by atoms with Crippen LogP contribution in [0, 0.1) is 12.8 Å². The Hall–Kier alpha value is -2.61. The van der Waals surface area contributed by atoms with Gasteiger partial charge >= 0.3 is 0 Å². The SMILES string of the molecule is Cc1nnc(CN2CCC(CCC(=O)Nc3ccc4c(c3)OCCO4)CC2)o1. The number of carbonyl (C=O) groups is 1. The van der Waals surface area contributed by atoms with E-state index in [1.54, 1.807) is 6.92 Å². The normalized spacial score (nSPS) is 17.5. The summed E-state index contributed by atoms with van der Waals surface area (Å²) in [4.78, 5) is 14.6. The summed E-state index contributed by atoms with van der Waals surface area (Å²) in [6, 6.07) is 5.51. The Kier molecular flexibility index (Phi) is 5.76. The number of ether oxygens (including phenoxy) is 2. The van der Waals surface area contributed by atoms with Crippen LogP contribution in [0.15, 0.2) is 22.6 Å². The van der Waals surface area contributed by atoms with Gasteiger partial charge in [0.25, 0.3) is 0 Å². The van der Waals surface area contributed by atoms with Crippen molar-refractivity contribution in [1.82, 2.24) is 15.1 Å². The zero-order valence-corrected chi connectivity index (χ0v) is 16.1. The number of hydrogen-bond acceptors (Lipinski definition) is 7. The fourth-order valence-corrected chi connectivity index (χ4v) is 3.71. The van der Waals surface area contributed by atoms with Crippen molar-refractivity contribution in [2.45, 2.75) is 39.2 Å². The second kappa shape index (κ2) is 8.60. The van der Waals surface area contributed by atoms with E-state index in [2.05, 4.69) is 20.4 Å². The molecule has 1 fully saturated rings. The third-order valence-electron chi connectivity index (χ3n) is 5.24. The van der Waals surface area contributed by atoms with E-state index < -0.39 is 0 Å². The van der Waals surface area contributed by atoms with Crippen molar-refractivity contribution in [2.24, 2.45) is 5.92 Å².